The molecule has 3 heteroatoms. The fourth-order valence-corrected chi connectivity index (χ4v) is 2.55. The highest BCUT2D eigenvalue weighted by Gasteiger charge is 2.23. The van der Waals surface area contributed by atoms with Gasteiger partial charge in [-0.25, -0.2) is 0 Å². The van der Waals surface area contributed by atoms with Crippen LogP contribution in [0.2, 0.25) is 0 Å². The number of hydrogen-bond acceptors (Lipinski definition) is 3. The highest BCUT2D eigenvalue weighted by Crippen LogP contribution is 2.22. The summed E-state index contributed by atoms with van der Waals surface area (Å²) in [6.45, 7) is 6.26. The van der Waals surface area contributed by atoms with Crippen LogP contribution in [0.15, 0.2) is 29.2 Å². The summed E-state index contributed by atoms with van der Waals surface area (Å²) in [5, 5.41) is 0. The lowest BCUT2D eigenvalue weighted by Gasteiger charge is -2.18. The monoisotopic (exact) mass is 266 g/mol. The molecule has 0 saturated heterocycles. The maximum absolute atomic E-state index is 11.7. The first kappa shape index (κ1) is 15.1. The van der Waals surface area contributed by atoms with Crippen molar-refractivity contribution in [1.82, 2.24) is 0 Å². The number of rotatable bonds is 6. The number of esters is 1. The van der Waals surface area contributed by atoms with Gasteiger partial charge in [0.1, 0.15) is 0 Å². The van der Waals surface area contributed by atoms with Gasteiger partial charge in [-0.1, -0.05) is 32.9 Å². The quantitative estimate of drug-likeness (QED) is 0.579. The van der Waals surface area contributed by atoms with Crippen LogP contribution >= 0.6 is 11.8 Å². The summed E-state index contributed by atoms with van der Waals surface area (Å²) in [6.07, 6.45) is 0.751. The zero-order chi connectivity index (χ0) is 13.5. The molecule has 100 valence electrons. The molecule has 0 bridgehead atoms. The lowest BCUT2D eigenvalue weighted by atomic mass is 9.89. The van der Waals surface area contributed by atoms with Crippen molar-refractivity contribution in [3.63, 3.8) is 0 Å². The number of methoxy groups -OCH3 is 1. The van der Waals surface area contributed by atoms with Crippen LogP contribution in [0.25, 0.3) is 0 Å². The van der Waals surface area contributed by atoms with E-state index in [1.54, 1.807) is 0 Å². The number of hydrogen-bond donors (Lipinski definition) is 0. The lowest BCUT2D eigenvalue weighted by Crippen LogP contribution is -2.23. The predicted octanol–water partition coefficient (Wildman–Crippen LogP) is 3.79. The topological polar surface area (TPSA) is 26.3 Å². The van der Waals surface area contributed by atoms with E-state index in [2.05, 4.69) is 45.0 Å². The van der Waals surface area contributed by atoms with Crippen LogP contribution in [-0.2, 0) is 16.0 Å². The first-order valence-corrected chi connectivity index (χ1v) is 7.36. The Hall–Kier alpha value is -0.960. The van der Waals surface area contributed by atoms with Crippen LogP contribution in [0.4, 0.5) is 0 Å². The van der Waals surface area contributed by atoms with Gasteiger partial charge in [0.2, 0.25) is 0 Å². The summed E-state index contributed by atoms with van der Waals surface area (Å²) in [5.74, 6) is 1.20. The molecule has 1 rings (SSSR count). The van der Waals surface area contributed by atoms with Crippen LogP contribution in [0.3, 0.4) is 0 Å². The molecule has 18 heavy (non-hydrogen) atoms. The Morgan fingerprint density at radius 3 is 2.33 bits per heavy atom. The molecule has 0 aromatic heterocycles. The van der Waals surface area contributed by atoms with E-state index in [4.69, 9.17) is 4.74 Å². The van der Waals surface area contributed by atoms with Crippen LogP contribution < -0.4 is 0 Å². The SMILES string of the molecule is CCSc1ccc(CC(C(=O)OC)C(C)C)cc1. The summed E-state index contributed by atoms with van der Waals surface area (Å²) >= 11 is 1.83. The van der Waals surface area contributed by atoms with Crippen LogP contribution in [0.5, 0.6) is 0 Å². The molecule has 0 spiro atoms. The van der Waals surface area contributed by atoms with Gasteiger partial charge >= 0.3 is 5.97 Å². The number of benzene rings is 1. The molecular weight excluding hydrogens is 244 g/mol. The molecule has 0 aliphatic heterocycles. The molecule has 0 aliphatic carbocycles. The van der Waals surface area contributed by atoms with E-state index in [9.17, 15) is 4.79 Å². The predicted molar refractivity (Wildman–Crippen MR) is 76.9 cm³/mol. The second-order valence-corrected chi connectivity index (χ2v) is 5.99. The normalized spacial score (nSPS) is 12.5. The highest BCUT2D eigenvalue weighted by molar-refractivity contribution is 7.99. The fraction of sp³-hybridized carbons (Fsp3) is 0.533. The Balaban J connectivity index is 2.72. The molecule has 2 nitrogen and oxygen atoms in total. The molecule has 0 aliphatic rings. The smallest absolute Gasteiger partial charge is 0.309 e. The molecule has 0 N–H and O–H groups in total. The Bertz CT molecular complexity index is 371. The third-order valence-corrected chi connectivity index (χ3v) is 3.89. The van der Waals surface area contributed by atoms with Crippen molar-refractivity contribution in [2.45, 2.75) is 32.1 Å². The molecule has 1 aromatic rings. The maximum Gasteiger partial charge on any atom is 0.309 e. The maximum atomic E-state index is 11.7. The first-order valence-electron chi connectivity index (χ1n) is 6.38. The molecule has 0 fully saturated rings. The van der Waals surface area contributed by atoms with Crippen molar-refractivity contribution in [3.8, 4) is 0 Å². The number of carbonyl (C=O) groups excluding carboxylic acids is 1. The molecule has 1 unspecified atom stereocenters. The number of ether oxygens (including phenoxy) is 1. The van der Waals surface area contributed by atoms with Crippen molar-refractivity contribution in [2.24, 2.45) is 11.8 Å². The highest BCUT2D eigenvalue weighted by atomic mass is 32.2. The Morgan fingerprint density at radius 1 is 1.28 bits per heavy atom. The number of thioether (sulfide) groups is 1. The van der Waals surface area contributed by atoms with Gasteiger partial charge in [-0.3, -0.25) is 4.79 Å². The zero-order valence-corrected chi connectivity index (χ0v) is 12.4. The van der Waals surface area contributed by atoms with Gasteiger partial charge in [0.15, 0.2) is 0 Å². The third kappa shape index (κ3) is 4.37. The molecule has 0 saturated carbocycles. The average molecular weight is 266 g/mol. The molecule has 0 radical (unpaired) electrons. The van der Waals surface area contributed by atoms with Crippen molar-refractivity contribution in [2.75, 3.05) is 12.9 Å². The molecular formula is C15H22O2S. The minimum atomic E-state index is -0.114. The zero-order valence-electron chi connectivity index (χ0n) is 11.6. The molecule has 1 aromatic carbocycles. The minimum absolute atomic E-state index is 0.0559. The van der Waals surface area contributed by atoms with Gasteiger partial charge in [-0.15, -0.1) is 11.8 Å². The Labute approximate surface area is 114 Å². The Morgan fingerprint density at radius 2 is 1.89 bits per heavy atom. The summed E-state index contributed by atoms with van der Waals surface area (Å²) in [6, 6.07) is 8.46. The van der Waals surface area contributed by atoms with E-state index in [1.165, 1.54) is 17.6 Å². The van der Waals surface area contributed by atoms with Gasteiger partial charge in [-0.2, -0.15) is 0 Å². The Kier molecular flexibility index (Phi) is 6.27. The van der Waals surface area contributed by atoms with E-state index in [1.807, 2.05) is 11.8 Å². The number of carbonyl (C=O) groups is 1. The standard InChI is InChI=1S/C15H22O2S/c1-5-18-13-8-6-12(7-9-13)10-14(11(2)3)15(16)17-4/h6-9,11,14H,5,10H2,1-4H3. The average Bonchev–Trinajstić information content (AvgIpc) is 2.37. The van der Waals surface area contributed by atoms with Crippen LogP contribution in [0, 0.1) is 11.8 Å². The van der Waals surface area contributed by atoms with Gasteiger partial charge in [0, 0.05) is 4.90 Å². The van der Waals surface area contributed by atoms with E-state index in [0.29, 0.717) is 5.92 Å². The van der Waals surface area contributed by atoms with Crippen LogP contribution in [0.1, 0.15) is 26.3 Å². The van der Waals surface area contributed by atoms with Gasteiger partial charge in [0.05, 0.1) is 13.0 Å². The second-order valence-electron chi connectivity index (χ2n) is 4.65. The van der Waals surface area contributed by atoms with Crippen molar-refractivity contribution in [3.05, 3.63) is 29.8 Å². The molecule has 1 atom stereocenters. The minimum Gasteiger partial charge on any atom is -0.469 e. The summed E-state index contributed by atoms with van der Waals surface area (Å²) in [7, 11) is 1.46. The van der Waals surface area contributed by atoms with Gasteiger partial charge < -0.3 is 4.74 Å². The lowest BCUT2D eigenvalue weighted by molar-refractivity contribution is -0.146. The fourth-order valence-electron chi connectivity index (χ4n) is 1.88. The van der Waals surface area contributed by atoms with E-state index < -0.39 is 0 Å². The van der Waals surface area contributed by atoms with E-state index in [-0.39, 0.29) is 11.9 Å². The summed E-state index contributed by atoms with van der Waals surface area (Å²) in [5.41, 5.74) is 1.19. The largest absolute Gasteiger partial charge is 0.469 e. The molecule has 0 amide bonds. The van der Waals surface area contributed by atoms with Crippen molar-refractivity contribution < 1.29 is 9.53 Å². The van der Waals surface area contributed by atoms with Crippen molar-refractivity contribution >= 4 is 17.7 Å². The van der Waals surface area contributed by atoms with Crippen LogP contribution in [-0.4, -0.2) is 18.8 Å². The summed E-state index contributed by atoms with van der Waals surface area (Å²) in [4.78, 5) is 13.0. The second kappa shape index (κ2) is 7.47. The van der Waals surface area contributed by atoms with Crippen molar-refractivity contribution in [1.29, 1.82) is 0 Å². The van der Waals surface area contributed by atoms with E-state index in [0.717, 1.165) is 12.2 Å². The third-order valence-electron chi connectivity index (χ3n) is 3.00. The molecule has 0 heterocycles. The van der Waals surface area contributed by atoms with Gasteiger partial charge in [-0.05, 0) is 35.8 Å². The van der Waals surface area contributed by atoms with Gasteiger partial charge in [0.25, 0.3) is 0 Å². The summed E-state index contributed by atoms with van der Waals surface area (Å²) < 4.78 is 4.87. The van der Waals surface area contributed by atoms with E-state index >= 15 is 0 Å². The first-order chi connectivity index (χ1) is 8.58.